The Morgan fingerprint density at radius 3 is 2.52 bits per heavy atom. The van der Waals surface area contributed by atoms with Crippen molar-refractivity contribution in [3.05, 3.63) is 65.6 Å². The molecule has 3 aromatic rings. The van der Waals surface area contributed by atoms with Gasteiger partial charge in [0.1, 0.15) is 5.69 Å². The molecule has 1 N–H and O–H groups in total. The highest BCUT2D eigenvalue weighted by atomic mass is 35.5. The Balaban J connectivity index is 0.00000225. The maximum absolute atomic E-state index is 13.0. The molecule has 0 aliphatic heterocycles. The van der Waals surface area contributed by atoms with Gasteiger partial charge in [0.25, 0.3) is 0 Å². The number of hydrogen-bond donors (Lipinski definition) is 1. The van der Waals surface area contributed by atoms with Crippen LogP contribution in [0.1, 0.15) is 5.69 Å². The summed E-state index contributed by atoms with van der Waals surface area (Å²) >= 11 is 6.13. The lowest BCUT2D eigenvalue weighted by atomic mass is 10.4. The Morgan fingerprint density at radius 1 is 1.16 bits per heavy atom. The van der Waals surface area contributed by atoms with E-state index < -0.39 is 9.84 Å². The lowest BCUT2D eigenvalue weighted by Gasteiger charge is -2.09. The zero-order valence-corrected chi connectivity index (χ0v) is 15.6. The van der Waals surface area contributed by atoms with Gasteiger partial charge >= 0.3 is 0 Å². The minimum Gasteiger partial charge on any atom is -0.314 e. The first-order valence-corrected chi connectivity index (χ1v) is 9.04. The molecule has 6 nitrogen and oxygen atoms in total. The third kappa shape index (κ3) is 3.85. The van der Waals surface area contributed by atoms with Crippen molar-refractivity contribution in [3.63, 3.8) is 0 Å². The van der Waals surface area contributed by atoms with Crippen molar-refractivity contribution in [2.24, 2.45) is 0 Å². The van der Waals surface area contributed by atoms with Crippen LogP contribution in [-0.2, 0) is 16.4 Å². The summed E-state index contributed by atoms with van der Waals surface area (Å²) in [7, 11) is -1.98. The van der Waals surface area contributed by atoms with E-state index in [0.29, 0.717) is 17.9 Å². The number of rotatable bonds is 5. The van der Waals surface area contributed by atoms with Crippen LogP contribution in [0.5, 0.6) is 0 Å². The molecule has 0 aliphatic carbocycles. The molecule has 0 saturated carbocycles. The highest BCUT2D eigenvalue weighted by Gasteiger charge is 2.25. The standard InChI is InChI=1S/C16H15ClN4O2S.ClH/c1-18-11-12-10-15(24(22,23)13-6-3-2-4-7-13)21(20-12)14-8-5-9-19-16(14)17;/h2-10,18H,11H2,1H3;1H. The van der Waals surface area contributed by atoms with Crippen molar-refractivity contribution >= 4 is 33.8 Å². The lowest BCUT2D eigenvalue weighted by molar-refractivity contribution is 0.585. The highest BCUT2D eigenvalue weighted by Crippen LogP contribution is 2.26. The molecular formula is C16H16Cl2N4O2S. The van der Waals surface area contributed by atoms with Crippen molar-refractivity contribution in [2.45, 2.75) is 16.5 Å². The molecular weight excluding hydrogens is 383 g/mol. The molecule has 132 valence electrons. The molecule has 0 amide bonds. The smallest absolute Gasteiger partial charge is 0.223 e. The van der Waals surface area contributed by atoms with Gasteiger partial charge < -0.3 is 5.32 Å². The lowest BCUT2D eigenvalue weighted by Crippen LogP contribution is -2.11. The van der Waals surface area contributed by atoms with Gasteiger partial charge in [0, 0.05) is 18.8 Å². The van der Waals surface area contributed by atoms with Crippen molar-refractivity contribution in [3.8, 4) is 5.69 Å². The predicted molar refractivity (Wildman–Crippen MR) is 98.3 cm³/mol. The Hall–Kier alpha value is -1.93. The van der Waals surface area contributed by atoms with Gasteiger partial charge in [-0.1, -0.05) is 29.8 Å². The Labute approximate surface area is 157 Å². The molecule has 2 heterocycles. The first kappa shape index (κ1) is 19.4. The highest BCUT2D eigenvalue weighted by molar-refractivity contribution is 7.91. The van der Waals surface area contributed by atoms with E-state index in [2.05, 4.69) is 15.4 Å². The number of aromatic nitrogens is 3. The summed E-state index contributed by atoms with van der Waals surface area (Å²) in [5, 5.41) is 7.57. The van der Waals surface area contributed by atoms with E-state index in [4.69, 9.17) is 11.6 Å². The molecule has 0 spiro atoms. The number of nitrogens with one attached hydrogen (secondary N) is 1. The fraction of sp³-hybridized carbons (Fsp3) is 0.125. The SMILES string of the molecule is CNCc1cc(S(=O)(=O)c2ccccc2)n(-c2cccnc2Cl)n1.Cl. The number of halogens is 2. The van der Waals surface area contributed by atoms with Crippen molar-refractivity contribution < 1.29 is 8.42 Å². The van der Waals surface area contributed by atoms with Crippen molar-refractivity contribution in [1.82, 2.24) is 20.1 Å². The Bertz CT molecular complexity index is 959. The van der Waals surface area contributed by atoms with Crippen LogP contribution >= 0.6 is 24.0 Å². The van der Waals surface area contributed by atoms with Crippen LogP contribution in [0.2, 0.25) is 5.15 Å². The van der Waals surface area contributed by atoms with E-state index in [1.807, 2.05) is 0 Å². The third-order valence-electron chi connectivity index (χ3n) is 3.38. The van der Waals surface area contributed by atoms with Crippen LogP contribution in [0, 0.1) is 0 Å². The van der Waals surface area contributed by atoms with Gasteiger partial charge in [-0.2, -0.15) is 5.10 Å². The van der Waals surface area contributed by atoms with Gasteiger partial charge in [0.05, 0.1) is 10.6 Å². The Kier molecular flexibility index (Phi) is 6.18. The maximum Gasteiger partial charge on any atom is 0.223 e. The van der Waals surface area contributed by atoms with E-state index in [1.165, 1.54) is 10.9 Å². The molecule has 0 bridgehead atoms. The van der Waals surface area contributed by atoms with Gasteiger partial charge in [-0.25, -0.2) is 18.1 Å². The summed E-state index contributed by atoms with van der Waals surface area (Å²) < 4.78 is 27.3. The molecule has 0 unspecified atom stereocenters. The molecule has 9 heteroatoms. The topological polar surface area (TPSA) is 76.9 Å². The fourth-order valence-electron chi connectivity index (χ4n) is 2.30. The molecule has 0 radical (unpaired) electrons. The van der Waals surface area contributed by atoms with Crippen LogP contribution in [-0.4, -0.2) is 30.2 Å². The summed E-state index contributed by atoms with van der Waals surface area (Å²) in [5.41, 5.74) is 1.00. The second kappa shape index (κ2) is 7.97. The van der Waals surface area contributed by atoms with E-state index >= 15 is 0 Å². The van der Waals surface area contributed by atoms with E-state index in [1.54, 1.807) is 55.6 Å². The summed E-state index contributed by atoms with van der Waals surface area (Å²) in [5.74, 6) is 0. The van der Waals surface area contributed by atoms with Crippen molar-refractivity contribution in [2.75, 3.05) is 7.05 Å². The molecule has 0 aliphatic rings. The molecule has 0 saturated heterocycles. The number of pyridine rings is 1. The van der Waals surface area contributed by atoms with Crippen molar-refractivity contribution in [1.29, 1.82) is 0 Å². The first-order valence-electron chi connectivity index (χ1n) is 7.18. The minimum absolute atomic E-state index is 0. The van der Waals surface area contributed by atoms with Gasteiger partial charge in [-0.3, -0.25) is 0 Å². The largest absolute Gasteiger partial charge is 0.314 e. The summed E-state index contributed by atoms with van der Waals surface area (Å²) in [6.07, 6.45) is 1.54. The molecule has 3 rings (SSSR count). The number of nitrogens with zero attached hydrogens (tertiary/aromatic N) is 3. The molecule has 0 fully saturated rings. The number of sulfone groups is 1. The van der Waals surface area contributed by atoms with Gasteiger partial charge in [0.15, 0.2) is 10.2 Å². The predicted octanol–water partition coefficient (Wildman–Crippen LogP) is 2.89. The van der Waals surface area contributed by atoms with Crippen LogP contribution in [0.3, 0.4) is 0 Å². The average molecular weight is 399 g/mol. The van der Waals surface area contributed by atoms with Crippen LogP contribution in [0.25, 0.3) is 5.69 Å². The zero-order chi connectivity index (χ0) is 17.2. The maximum atomic E-state index is 13.0. The third-order valence-corrected chi connectivity index (χ3v) is 5.41. The minimum atomic E-state index is -3.75. The normalized spacial score (nSPS) is 11.1. The quantitative estimate of drug-likeness (QED) is 0.668. The van der Waals surface area contributed by atoms with Crippen LogP contribution in [0.4, 0.5) is 0 Å². The van der Waals surface area contributed by atoms with Gasteiger partial charge in [-0.15, -0.1) is 12.4 Å². The van der Waals surface area contributed by atoms with Gasteiger partial charge in [0.2, 0.25) is 9.84 Å². The number of benzene rings is 1. The zero-order valence-electron chi connectivity index (χ0n) is 13.3. The van der Waals surface area contributed by atoms with Gasteiger partial charge in [-0.05, 0) is 31.3 Å². The second-order valence-electron chi connectivity index (χ2n) is 5.05. The van der Waals surface area contributed by atoms with E-state index in [-0.39, 0.29) is 27.5 Å². The summed E-state index contributed by atoms with van der Waals surface area (Å²) in [6.45, 7) is 0.433. The molecule has 1 aromatic carbocycles. The Morgan fingerprint density at radius 2 is 1.88 bits per heavy atom. The molecule has 0 atom stereocenters. The summed E-state index contributed by atoms with van der Waals surface area (Å²) in [6, 6.07) is 13.1. The average Bonchev–Trinajstić information content (AvgIpc) is 3.01. The number of hydrogen-bond acceptors (Lipinski definition) is 5. The fourth-order valence-corrected chi connectivity index (χ4v) is 3.91. The molecule has 25 heavy (non-hydrogen) atoms. The van der Waals surface area contributed by atoms with E-state index in [9.17, 15) is 8.42 Å². The molecule has 2 aromatic heterocycles. The van der Waals surface area contributed by atoms with E-state index in [0.717, 1.165) is 0 Å². The first-order chi connectivity index (χ1) is 11.5. The summed E-state index contributed by atoms with van der Waals surface area (Å²) in [4.78, 5) is 4.20. The second-order valence-corrected chi connectivity index (χ2v) is 7.30. The monoisotopic (exact) mass is 398 g/mol. The van der Waals surface area contributed by atoms with Crippen LogP contribution < -0.4 is 5.32 Å². The van der Waals surface area contributed by atoms with Crippen LogP contribution in [0.15, 0.2) is 64.6 Å².